The van der Waals surface area contributed by atoms with E-state index in [4.69, 9.17) is 9.84 Å². The van der Waals surface area contributed by atoms with Gasteiger partial charge >= 0.3 is 5.97 Å². The molecule has 5 nitrogen and oxygen atoms in total. The standard InChI is InChI=1S/C23H21NO4S/c1-15-20(11-16-3-6-18(7-4-16)29(2)27)19-8-5-17(14-24)12-22(19)21(15)13-23(26)28-10-9-25/h3-8,11-12,25H,9-10,13H2,1-2H3. The number of carbonyl (C=O) groups excluding carboxylic acids is 1. The molecule has 0 aromatic heterocycles. The molecule has 0 bridgehead atoms. The van der Waals surface area contributed by atoms with Crippen molar-refractivity contribution in [3.05, 3.63) is 70.3 Å². The summed E-state index contributed by atoms with van der Waals surface area (Å²) in [6.45, 7) is 1.69. The Morgan fingerprint density at radius 1 is 1.21 bits per heavy atom. The average molecular weight is 407 g/mol. The maximum absolute atomic E-state index is 12.2. The molecule has 0 amide bonds. The van der Waals surface area contributed by atoms with Crippen molar-refractivity contribution in [2.24, 2.45) is 0 Å². The number of esters is 1. The van der Waals surface area contributed by atoms with Crippen molar-refractivity contribution < 1.29 is 18.8 Å². The second-order valence-corrected chi connectivity index (χ2v) is 8.06. The van der Waals surface area contributed by atoms with Gasteiger partial charge in [0, 0.05) is 22.0 Å². The molecule has 3 rings (SSSR count). The zero-order chi connectivity index (χ0) is 21.0. The van der Waals surface area contributed by atoms with Gasteiger partial charge < -0.3 is 9.84 Å². The van der Waals surface area contributed by atoms with Crippen LogP contribution >= 0.6 is 0 Å². The Hall–Kier alpha value is -3.01. The lowest BCUT2D eigenvalue weighted by molar-refractivity contribution is -0.143. The SMILES string of the molecule is CC1=C(CC(=O)OCCO)c2cc(C#N)ccc2C1=Cc1ccc(S(C)=O)cc1. The highest BCUT2D eigenvalue weighted by molar-refractivity contribution is 7.84. The third kappa shape index (κ3) is 4.53. The number of rotatable bonds is 6. The number of hydrogen-bond donors (Lipinski definition) is 1. The van der Waals surface area contributed by atoms with Gasteiger partial charge in [0.25, 0.3) is 0 Å². The molecule has 29 heavy (non-hydrogen) atoms. The number of aliphatic hydroxyl groups is 1. The fraction of sp³-hybridized carbons (Fsp3) is 0.217. The zero-order valence-corrected chi connectivity index (χ0v) is 17.1. The third-order valence-electron chi connectivity index (χ3n) is 4.82. The Balaban J connectivity index is 2.04. The summed E-state index contributed by atoms with van der Waals surface area (Å²) in [5, 5.41) is 18.1. The Kier molecular flexibility index (Phi) is 6.42. The first-order chi connectivity index (χ1) is 13.9. The van der Waals surface area contributed by atoms with E-state index in [2.05, 4.69) is 6.07 Å². The average Bonchev–Trinajstić information content (AvgIpc) is 2.97. The summed E-state index contributed by atoms with van der Waals surface area (Å²) >= 11 is 0. The molecule has 148 valence electrons. The minimum Gasteiger partial charge on any atom is -0.463 e. The maximum atomic E-state index is 12.2. The van der Waals surface area contributed by atoms with Gasteiger partial charge in [-0.1, -0.05) is 18.2 Å². The number of aliphatic hydroxyl groups excluding tert-OH is 1. The van der Waals surface area contributed by atoms with Crippen molar-refractivity contribution in [1.29, 1.82) is 5.26 Å². The molecule has 1 aliphatic carbocycles. The molecular formula is C23H21NO4S. The summed E-state index contributed by atoms with van der Waals surface area (Å²) in [5.41, 5.74) is 6.01. The normalized spacial score (nSPS) is 15.2. The lowest BCUT2D eigenvalue weighted by Gasteiger charge is -2.07. The van der Waals surface area contributed by atoms with Gasteiger partial charge in [-0.3, -0.25) is 9.00 Å². The molecule has 1 unspecified atom stereocenters. The number of nitrogens with zero attached hydrogens (tertiary/aromatic N) is 1. The summed E-state index contributed by atoms with van der Waals surface area (Å²) in [4.78, 5) is 12.9. The summed E-state index contributed by atoms with van der Waals surface area (Å²) in [7, 11) is -1.03. The maximum Gasteiger partial charge on any atom is 0.310 e. The molecule has 0 fully saturated rings. The van der Waals surface area contributed by atoms with Crippen LogP contribution in [0.4, 0.5) is 0 Å². The Bertz CT molecular complexity index is 1080. The van der Waals surface area contributed by atoms with Crippen LogP contribution in [-0.4, -0.2) is 34.8 Å². The predicted molar refractivity (Wildman–Crippen MR) is 113 cm³/mol. The van der Waals surface area contributed by atoms with E-state index >= 15 is 0 Å². The lowest BCUT2D eigenvalue weighted by Crippen LogP contribution is -2.08. The molecule has 2 aromatic rings. The molecule has 0 saturated carbocycles. The summed E-state index contributed by atoms with van der Waals surface area (Å²) in [6, 6.07) is 15.1. The van der Waals surface area contributed by atoms with Crippen molar-refractivity contribution in [2.75, 3.05) is 19.5 Å². The van der Waals surface area contributed by atoms with Crippen LogP contribution in [0.2, 0.25) is 0 Å². The quantitative estimate of drug-likeness (QED) is 0.740. The van der Waals surface area contributed by atoms with Crippen LogP contribution in [0.15, 0.2) is 52.9 Å². The van der Waals surface area contributed by atoms with E-state index in [-0.39, 0.29) is 19.6 Å². The van der Waals surface area contributed by atoms with Gasteiger partial charge in [-0.2, -0.15) is 5.26 Å². The Labute approximate surface area is 172 Å². The summed E-state index contributed by atoms with van der Waals surface area (Å²) in [5.74, 6) is -0.419. The lowest BCUT2D eigenvalue weighted by atomic mass is 9.99. The highest BCUT2D eigenvalue weighted by atomic mass is 32.2. The second-order valence-electron chi connectivity index (χ2n) is 6.68. The van der Waals surface area contributed by atoms with Crippen LogP contribution in [-0.2, 0) is 20.3 Å². The molecule has 1 N–H and O–H groups in total. The first-order valence-electron chi connectivity index (χ1n) is 9.11. The Morgan fingerprint density at radius 2 is 1.93 bits per heavy atom. The van der Waals surface area contributed by atoms with E-state index in [0.717, 1.165) is 38.3 Å². The van der Waals surface area contributed by atoms with Gasteiger partial charge in [0.05, 0.1) is 24.7 Å². The topological polar surface area (TPSA) is 87.4 Å². The number of benzene rings is 2. The van der Waals surface area contributed by atoms with Crippen molar-refractivity contribution in [3.8, 4) is 6.07 Å². The number of hydrogen-bond acceptors (Lipinski definition) is 5. The third-order valence-corrected chi connectivity index (χ3v) is 5.76. The number of ether oxygens (including phenoxy) is 1. The van der Waals surface area contributed by atoms with Gasteiger partial charge in [0.2, 0.25) is 0 Å². The molecule has 0 saturated heterocycles. The monoisotopic (exact) mass is 407 g/mol. The van der Waals surface area contributed by atoms with E-state index in [0.29, 0.717) is 5.56 Å². The van der Waals surface area contributed by atoms with Crippen molar-refractivity contribution in [2.45, 2.75) is 18.2 Å². The fourth-order valence-electron chi connectivity index (χ4n) is 3.36. The van der Waals surface area contributed by atoms with Crippen LogP contribution in [0.25, 0.3) is 17.2 Å². The molecule has 1 atom stereocenters. The second kappa shape index (κ2) is 8.99. The van der Waals surface area contributed by atoms with E-state index in [1.165, 1.54) is 0 Å². The number of allylic oxidation sites excluding steroid dienone is 2. The smallest absolute Gasteiger partial charge is 0.310 e. The van der Waals surface area contributed by atoms with Crippen molar-refractivity contribution in [3.63, 3.8) is 0 Å². The molecule has 0 spiro atoms. The van der Waals surface area contributed by atoms with Crippen LogP contribution in [0, 0.1) is 11.3 Å². The molecule has 2 aromatic carbocycles. The van der Waals surface area contributed by atoms with Gasteiger partial charge in [-0.25, -0.2) is 0 Å². The van der Waals surface area contributed by atoms with Crippen LogP contribution in [0.1, 0.15) is 35.6 Å². The molecule has 0 aliphatic heterocycles. The zero-order valence-electron chi connectivity index (χ0n) is 16.3. The molecule has 0 heterocycles. The minimum absolute atomic E-state index is 0.0376. The fourth-order valence-corrected chi connectivity index (χ4v) is 3.88. The predicted octanol–water partition coefficient (Wildman–Crippen LogP) is 3.55. The molecular weight excluding hydrogens is 386 g/mol. The molecule has 6 heteroatoms. The van der Waals surface area contributed by atoms with E-state index < -0.39 is 16.8 Å². The molecule has 0 radical (unpaired) electrons. The van der Waals surface area contributed by atoms with Crippen molar-refractivity contribution >= 4 is 34.0 Å². The van der Waals surface area contributed by atoms with Crippen LogP contribution < -0.4 is 0 Å². The number of fused-ring (bicyclic) bond motifs is 1. The van der Waals surface area contributed by atoms with Gasteiger partial charge in [-0.15, -0.1) is 0 Å². The van der Waals surface area contributed by atoms with E-state index in [1.807, 2.05) is 43.3 Å². The van der Waals surface area contributed by atoms with Gasteiger partial charge in [-0.05, 0) is 70.7 Å². The molecule has 1 aliphatic rings. The highest BCUT2D eigenvalue weighted by Crippen LogP contribution is 2.44. The Morgan fingerprint density at radius 3 is 2.55 bits per heavy atom. The van der Waals surface area contributed by atoms with E-state index in [1.54, 1.807) is 18.4 Å². The largest absolute Gasteiger partial charge is 0.463 e. The summed E-state index contributed by atoms with van der Waals surface area (Å²) in [6.07, 6.45) is 3.73. The summed E-state index contributed by atoms with van der Waals surface area (Å²) < 4.78 is 16.6. The van der Waals surface area contributed by atoms with Crippen molar-refractivity contribution in [1.82, 2.24) is 0 Å². The number of carbonyl (C=O) groups is 1. The highest BCUT2D eigenvalue weighted by Gasteiger charge is 2.26. The van der Waals surface area contributed by atoms with Gasteiger partial charge in [0.15, 0.2) is 0 Å². The minimum atomic E-state index is -1.03. The first-order valence-corrected chi connectivity index (χ1v) is 10.7. The van der Waals surface area contributed by atoms with Crippen LogP contribution in [0.3, 0.4) is 0 Å². The van der Waals surface area contributed by atoms with Gasteiger partial charge in [0.1, 0.15) is 6.61 Å². The number of nitriles is 1. The first kappa shape index (κ1) is 20.7. The van der Waals surface area contributed by atoms with Crippen LogP contribution in [0.5, 0.6) is 0 Å². The van der Waals surface area contributed by atoms with E-state index in [9.17, 15) is 14.3 Å².